The van der Waals surface area contributed by atoms with Crippen molar-refractivity contribution in [2.75, 3.05) is 0 Å². The number of primary amides is 1. The molecule has 1 amide bonds. The van der Waals surface area contributed by atoms with Crippen LogP contribution in [0.3, 0.4) is 0 Å². The molecular weight excluding hydrogens is 162 g/mol. The van der Waals surface area contributed by atoms with Crippen LogP contribution in [0, 0.1) is 5.92 Å². The zero-order valence-corrected chi connectivity index (χ0v) is 8.60. The summed E-state index contributed by atoms with van der Waals surface area (Å²) < 4.78 is 0. The van der Waals surface area contributed by atoms with Crippen molar-refractivity contribution in [3.05, 3.63) is 11.1 Å². The van der Waals surface area contributed by atoms with Gasteiger partial charge in [-0.2, -0.15) is 0 Å². The van der Waals surface area contributed by atoms with Gasteiger partial charge in [-0.05, 0) is 32.6 Å². The Labute approximate surface area is 80.2 Å². The maximum atomic E-state index is 10.9. The standard InChI is InChI=1S/C11H19NO/c1-8(9(2)11(12)13)10-6-4-3-5-7-10/h10H,3-7H2,1-2H3,(H2,12,13)/b9-8+. The van der Waals surface area contributed by atoms with Crippen LogP contribution < -0.4 is 5.73 Å². The first-order valence-electron chi connectivity index (χ1n) is 5.10. The summed E-state index contributed by atoms with van der Waals surface area (Å²) in [6.45, 7) is 3.89. The van der Waals surface area contributed by atoms with Gasteiger partial charge in [-0.1, -0.05) is 24.8 Å². The molecule has 2 nitrogen and oxygen atoms in total. The Morgan fingerprint density at radius 1 is 1.15 bits per heavy atom. The maximum absolute atomic E-state index is 10.9. The van der Waals surface area contributed by atoms with E-state index in [1.54, 1.807) is 0 Å². The van der Waals surface area contributed by atoms with E-state index in [0.29, 0.717) is 5.92 Å². The summed E-state index contributed by atoms with van der Waals surface area (Å²) in [6.07, 6.45) is 6.41. The Morgan fingerprint density at radius 2 is 1.69 bits per heavy atom. The predicted molar refractivity (Wildman–Crippen MR) is 54.1 cm³/mol. The number of allylic oxidation sites excluding steroid dienone is 1. The highest BCUT2D eigenvalue weighted by molar-refractivity contribution is 5.92. The molecular formula is C11H19NO. The van der Waals surface area contributed by atoms with E-state index in [-0.39, 0.29) is 5.91 Å². The Morgan fingerprint density at radius 3 is 2.15 bits per heavy atom. The molecule has 0 heterocycles. The highest BCUT2D eigenvalue weighted by Gasteiger charge is 2.17. The van der Waals surface area contributed by atoms with Crippen molar-refractivity contribution in [2.24, 2.45) is 11.7 Å². The molecule has 0 spiro atoms. The van der Waals surface area contributed by atoms with Crippen molar-refractivity contribution in [3.63, 3.8) is 0 Å². The average Bonchev–Trinajstić information content (AvgIpc) is 2.17. The molecule has 74 valence electrons. The number of hydrogen-bond donors (Lipinski definition) is 1. The second-order valence-electron chi connectivity index (χ2n) is 4.01. The number of hydrogen-bond acceptors (Lipinski definition) is 1. The largest absolute Gasteiger partial charge is 0.366 e. The Bertz CT molecular complexity index is 224. The number of nitrogens with two attached hydrogens (primary N) is 1. The van der Waals surface area contributed by atoms with Crippen LogP contribution in [0.2, 0.25) is 0 Å². The third kappa shape index (κ3) is 2.58. The molecule has 0 aliphatic heterocycles. The molecule has 0 saturated heterocycles. The first kappa shape index (κ1) is 10.3. The van der Waals surface area contributed by atoms with E-state index in [2.05, 4.69) is 6.92 Å². The monoisotopic (exact) mass is 181 g/mol. The van der Waals surface area contributed by atoms with Crippen LogP contribution in [0.4, 0.5) is 0 Å². The normalized spacial score (nSPS) is 21.1. The molecule has 0 aromatic carbocycles. The van der Waals surface area contributed by atoms with Gasteiger partial charge in [-0.3, -0.25) is 4.79 Å². The molecule has 2 N–H and O–H groups in total. The van der Waals surface area contributed by atoms with Crippen LogP contribution in [0.15, 0.2) is 11.1 Å². The second-order valence-corrected chi connectivity index (χ2v) is 4.01. The van der Waals surface area contributed by atoms with Crippen molar-refractivity contribution < 1.29 is 4.79 Å². The molecule has 1 rings (SSSR count). The van der Waals surface area contributed by atoms with Crippen LogP contribution >= 0.6 is 0 Å². The molecule has 1 saturated carbocycles. The van der Waals surface area contributed by atoms with Crippen molar-refractivity contribution in [1.29, 1.82) is 0 Å². The summed E-state index contributed by atoms with van der Waals surface area (Å²) in [5.41, 5.74) is 7.23. The van der Waals surface area contributed by atoms with Gasteiger partial charge in [0.25, 0.3) is 0 Å². The van der Waals surface area contributed by atoms with Crippen LogP contribution in [-0.4, -0.2) is 5.91 Å². The summed E-state index contributed by atoms with van der Waals surface area (Å²) in [5, 5.41) is 0. The van der Waals surface area contributed by atoms with E-state index in [0.717, 1.165) is 5.57 Å². The van der Waals surface area contributed by atoms with E-state index >= 15 is 0 Å². The fourth-order valence-corrected chi connectivity index (χ4v) is 2.04. The number of rotatable bonds is 2. The van der Waals surface area contributed by atoms with Gasteiger partial charge in [0, 0.05) is 5.57 Å². The van der Waals surface area contributed by atoms with Crippen LogP contribution in [0.5, 0.6) is 0 Å². The average molecular weight is 181 g/mol. The fourth-order valence-electron chi connectivity index (χ4n) is 2.04. The molecule has 0 atom stereocenters. The number of carbonyl (C=O) groups excluding carboxylic acids is 1. The summed E-state index contributed by atoms with van der Waals surface area (Å²) >= 11 is 0. The quantitative estimate of drug-likeness (QED) is 0.653. The number of carbonyl (C=O) groups is 1. The molecule has 13 heavy (non-hydrogen) atoms. The van der Waals surface area contributed by atoms with Gasteiger partial charge < -0.3 is 5.73 Å². The second kappa shape index (κ2) is 4.45. The van der Waals surface area contributed by atoms with Gasteiger partial charge in [0.1, 0.15) is 0 Å². The maximum Gasteiger partial charge on any atom is 0.244 e. The fraction of sp³-hybridized carbons (Fsp3) is 0.727. The Hall–Kier alpha value is -0.790. The van der Waals surface area contributed by atoms with E-state index in [4.69, 9.17) is 5.73 Å². The Kier molecular flexibility index (Phi) is 3.52. The minimum atomic E-state index is -0.261. The van der Waals surface area contributed by atoms with Gasteiger partial charge in [-0.15, -0.1) is 0 Å². The van der Waals surface area contributed by atoms with Crippen LogP contribution in [-0.2, 0) is 4.79 Å². The predicted octanol–water partition coefficient (Wildman–Crippen LogP) is 2.39. The molecule has 0 bridgehead atoms. The summed E-state index contributed by atoms with van der Waals surface area (Å²) in [7, 11) is 0. The lowest BCUT2D eigenvalue weighted by Crippen LogP contribution is -2.17. The minimum absolute atomic E-state index is 0.261. The van der Waals surface area contributed by atoms with E-state index < -0.39 is 0 Å². The molecule has 0 unspecified atom stereocenters. The third-order valence-corrected chi connectivity index (χ3v) is 3.18. The van der Waals surface area contributed by atoms with Crippen molar-refractivity contribution in [3.8, 4) is 0 Å². The third-order valence-electron chi connectivity index (χ3n) is 3.18. The summed E-state index contributed by atoms with van der Waals surface area (Å²) in [4.78, 5) is 10.9. The van der Waals surface area contributed by atoms with Crippen LogP contribution in [0.25, 0.3) is 0 Å². The first-order chi connectivity index (χ1) is 6.13. The lowest BCUT2D eigenvalue weighted by molar-refractivity contribution is -0.114. The molecule has 1 aliphatic carbocycles. The topological polar surface area (TPSA) is 43.1 Å². The van der Waals surface area contributed by atoms with E-state index in [9.17, 15) is 4.79 Å². The van der Waals surface area contributed by atoms with Crippen molar-refractivity contribution in [2.45, 2.75) is 46.0 Å². The van der Waals surface area contributed by atoms with Gasteiger partial charge >= 0.3 is 0 Å². The molecule has 1 aliphatic rings. The van der Waals surface area contributed by atoms with Crippen LogP contribution in [0.1, 0.15) is 46.0 Å². The van der Waals surface area contributed by atoms with E-state index in [1.807, 2.05) is 6.92 Å². The van der Waals surface area contributed by atoms with E-state index in [1.165, 1.54) is 37.7 Å². The lowest BCUT2D eigenvalue weighted by Gasteiger charge is -2.23. The van der Waals surface area contributed by atoms with Crippen molar-refractivity contribution >= 4 is 5.91 Å². The SMILES string of the molecule is C/C(C(N)=O)=C(/C)C1CCCCC1. The smallest absolute Gasteiger partial charge is 0.244 e. The molecule has 0 aromatic rings. The zero-order valence-electron chi connectivity index (χ0n) is 8.60. The minimum Gasteiger partial charge on any atom is -0.366 e. The Balaban J connectivity index is 2.68. The van der Waals surface area contributed by atoms with Crippen molar-refractivity contribution in [1.82, 2.24) is 0 Å². The number of amides is 1. The first-order valence-corrected chi connectivity index (χ1v) is 5.10. The summed E-state index contributed by atoms with van der Waals surface area (Å²) in [6, 6.07) is 0. The summed E-state index contributed by atoms with van der Waals surface area (Å²) in [5.74, 6) is 0.351. The molecule has 1 fully saturated rings. The molecule has 0 aromatic heterocycles. The highest BCUT2D eigenvalue weighted by Crippen LogP contribution is 2.30. The van der Waals surface area contributed by atoms with Gasteiger partial charge in [-0.25, -0.2) is 0 Å². The molecule has 0 radical (unpaired) electrons. The lowest BCUT2D eigenvalue weighted by atomic mass is 9.82. The van der Waals surface area contributed by atoms with Gasteiger partial charge in [0.2, 0.25) is 5.91 Å². The highest BCUT2D eigenvalue weighted by atomic mass is 16.1. The van der Waals surface area contributed by atoms with Gasteiger partial charge in [0.05, 0.1) is 0 Å². The van der Waals surface area contributed by atoms with Gasteiger partial charge in [0.15, 0.2) is 0 Å². The zero-order chi connectivity index (χ0) is 9.84. The molecule has 2 heteroatoms.